The van der Waals surface area contributed by atoms with Gasteiger partial charge >= 0.3 is 6.03 Å². The lowest BCUT2D eigenvalue weighted by Crippen LogP contribution is -2.46. The van der Waals surface area contributed by atoms with Gasteiger partial charge in [0.25, 0.3) is 5.91 Å². The van der Waals surface area contributed by atoms with Crippen LogP contribution in [0.1, 0.15) is 22.5 Å². The van der Waals surface area contributed by atoms with E-state index in [1.165, 1.54) is 0 Å². The lowest BCUT2D eigenvalue weighted by atomic mass is 9.83. The van der Waals surface area contributed by atoms with Crippen molar-refractivity contribution < 1.29 is 14.4 Å². The molecule has 1 aliphatic heterocycles. The van der Waals surface area contributed by atoms with Gasteiger partial charge in [-0.15, -0.1) is 0 Å². The van der Waals surface area contributed by atoms with Crippen molar-refractivity contribution in [3.63, 3.8) is 0 Å². The predicted molar refractivity (Wildman–Crippen MR) is 140 cm³/mol. The minimum atomic E-state index is -1.30. The molecular weight excluding hydrogens is 466 g/mol. The van der Waals surface area contributed by atoms with Crippen LogP contribution >= 0.6 is 0 Å². The molecule has 5 rings (SSSR count). The van der Waals surface area contributed by atoms with Crippen LogP contribution in [0.2, 0.25) is 0 Å². The van der Waals surface area contributed by atoms with Crippen molar-refractivity contribution in [3.05, 3.63) is 114 Å². The Labute approximate surface area is 214 Å². The third kappa shape index (κ3) is 4.49. The van der Waals surface area contributed by atoms with E-state index in [0.717, 1.165) is 21.8 Å². The predicted octanol–water partition coefficient (Wildman–Crippen LogP) is 4.12. The first-order valence-corrected chi connectivity index (χ1v) is 12.0. The van der Waals surface area contributed by atoms with Crippen LogP contribution in [0.4, 0.5) is 10.5 Å². The van der Waals surface area contributed by atoms with E-state index in [0.29, 0.717) is 16.9 Å². The van der Waals surface area contributed by atoms with Crippen LogP contribution < -0.4 is 10.6 Å². The lowest BCUT2D eigenvalue weighted by molar-refractivity contribution is -0.134. The molecule has 2 heterocycles. The average Bonchev–Trinajstić information content (AvgIpc) is 3.33. The Balaban J connectivity index is 1.39. The fourth-order valence-electron chi connectivity index (χ4n) is 4.78. The Hall–Kier alpha value is -4.72. The van der Waals surface area contributed by atoms with Gasteiger partial charge in [-0.1, -0.05) is 78.9 Å². The smallest absolute Gasteiger partial charge is 0.321 e. The summed E-state index contributed by atoms with van der Waals surface area (Å²) in [5, 5.41) is 10.3. The van der Waals surface area contributed by atoms with Crippen molar-refractivity contribution in [3.8, 4) is 5.69 Å². The molecule has 0 unspecified atom stereocenters. The molecule has 4 amide bonds. The van der Waals surface area contributed by atoms with E-state index < -0.39 is 29.9 Å². The molecule has 1 atom stereocenters. The largest absolute Gasteiger partial charge is 0.325 e. The van der Waals surface area contributed by atoms with Crippen molar-refractivity contribution in [1.82, 2.24) is 20.0 Å². The number of nitrogens with one attached hydrogen (secondary N) is 2. The third-order valence-electron chi connectivity index (χ3n) is 6.61. The standard InChI is InChI=1S/C29H27N5O3/c1-20-26(21(2)34(32-20)24-16-10-5-11-17-24)30-25(35)19-33-27(36)29(31-28(33)37,23-14-8-4-9-15-23)18-22-12-6-3-7-13-22/h3-17H,18-19H2,1-2H3,(H,30,35)(H,31,37)/t29-/m0/s1. The number of carbonyl (C=O) groups is 3. The van der Waals surface area contributed by atoms with Crippen molar-refractivity contribution >= 4 is 23.5 Å². The van der Waals surface area contributed by atoms with Gasteiger partial charge < -0.3 is 10.6 Å². The van der Waals surface area contributed by atoms with Crippen molar-refractivity contribution in [2.75, 3.05) is 11.9 Å². The Kier molecular flexibility index (Phi) is 6.31. The van der Waals surface area contributed by atoms with Crippen LogP contribution in [0.15, 0.2) is 91.0 Å². The van der Waals surface area contributed by atoms with Gasteiger partial charge in [0.15, 0.2) is 5.54 Å². The molecule has 0 radical (unpaired) electrons. The zero-order chi connectivity index (χ0) is 26.0. The number of hydrogen-bond acceptors (Lipinski definition) is 4. The van der Waals surface area contributed by atoms with Crippen LogP contribution in [-0.2, 0) is 21.5 Å². The van der Waals surface area contributed by atoms with Crippen LogP contribution in [0.3, 0.4) is 0 Å². The maximum absolute atomic E-state index is 13.8. The van der Waals surface area contributed by atoms with E-state index in [1.807, 2.05) is 97.9 Å². The first-order valence-electron chi connectivity index (χ1n) is 12.0. The second-order valence-corrected chi connectivity index (χ2v) is 9.10. The number of amides is 4. The molecular formula is C29H27N5O3. The number of aryl methyl sites for hydroxylation is 1. The van der Waals surface area contributed by atoms with Crippen molar-refractivity contribution in [2.24, 2.45) is 0 Å². The summed E-state index contributed by atoms with van der Waals surface area (Å²) in [5.41, 5.74) is 3.06. The number of carbonyl (C=O) groups excluding carboxylic acids is 3. The molecule has 186 valence electrons. The normalized spacial score (nSPS) is 17.1. The molecule has 0 spiro atoms. The number of benzene rings is 3. The highest BCUT2D eigenvalue weighted by molar-refractivity contribution is 6.10. The quantitative estimate of drug-likeness (QED) is 0.379. The van der Waals surface area contributed by atoms with Crippen LogP contribution in [0.25, 0.3) is 5.69 Å². The summed E-state index contributed by atoms with van der Waals surface area (Å²) in [6, 6.07) is 27.6. The first kappa shape index (κ1) is 24.0. The van der Waals surface area contributed by atoms with Crippen LogP contribution in [-0.4, -0.2) is 39.1 Å². The molecule has 8 heteroatoms. The molecule has 37 heavy (non-hydrogen) atoms. The summed E-state index contributed by atoms with van der Waals surface area (Å²) in [6.07, 6.45) is 0.266. The van der Waals surface area contributed by atoms with Gasteiger partial charge in [0, 0.05) is 6.42 Å². The monoisotopic (exact) mass is 493 g/mol. The number of anilines is 1. The second-order valence-electron chi connectivity index (χ2n) is 9.10. The fraction of sp³-hybridized carbons (Fsp3) is 0.172. The molecule has 3 aromatic carbocycles. The number of urea groups is 1. The second kappa shape index (κ2) is 9.73. The van der Waals surface area contributed by atoms with Gasteiger partial charge in [0.1, 0.15) is 6.54 Å². The van der Waals surface area contributed by atoms with Crippen molar-refractivity contribution in [1.29, 1.82) is 0 Å². The average molecular weight is 494 g/mol. The molecule has 0 saturated carbocycles. The Morgan fingerprint density at radius 3 is 2.14 bits per heavy atom. The Bertz CT molecular complexity index is 1450. The van der Waals surface area contributed by atoms with E-state index >= 15 is 0 Å². The molecule has 1 fully saturated rings. The highest BCUT2D eigenvalue weighted by Crippen LogP contribution is 2.33. The number of aromatic nitrogens is 2. The number of hydrogen-bond donors (Lipinski definition) is 2. The molecule has 0 aliphatic carbocycles. The van der Waals surface area contributed by atoms with Gasteiger partial charge in [-0.3, -0.25) is 14.5 Å². The summed E-state index contributed by atoms with van der Waals surface area (Å²) in [4.78, 5) is 40.9. The van der Waals surface area contributed by atoms with Crippen LogP contribution in [0, 0.1) is 13.8 Å². The van der Waals surface area contributed by atoms with E-state index in [1.54, 1.807) is 11.6 Å². The highest BCUT2D eigenvalue weighted by Gasteiger charge is 2.52. The number of rotatable bonds is 7. The minimum Gasteiger partial charge on any atom is -0.321 e. The summed E-state index contributed by atoms with van der Waals surface area (Å²) in [6.45, 7) is 3.25. The fourth-order valence-corrected chi connectivity index (χ4v) is 4.78. The number of nitrogens with zero attached hydrogens (tertiary/aromatic N) is 3. The number of para-hydroxylation sites is 1. The zero-order valence-electron chi connectivity index (χ0n) is 20.6. The Morgan fingerprint density at radius 1 is 0.892 bits per heavy atom. The SMILES string of the molecule is Cc1nn(-c2ccccc2)c(C)c1NC(=O)CN1C(=O)N[C@@](Cc2ccccc2)(c2ccccc2)C1=O. The van der Waals surface area contributed by atoms with Crippen molar-refractivity contribution in [2.45, 2.75) is 25.8 Å². The lowest BCUT2D eigenvalue weighted by Gasteiger charge is -2.27. The molecule has 0 bridgehead atoms. The van der Waals surface area contributed by atoms with E-state index in [9.17, 15) is 14.4 Å². The molecule has 2 N–H and O–H groups in total. The Morgan fingerprint density at radius 2 is 1.49 bits per heavy atom. The van der Waals surface area contributed by atoms with Gasteiger partial charge in [-0.25, -0.2) is 9.48 Å². The van der Waals surface area contributed by atoms with E-state index in [2.05, 4.69) is 15.7 Å². The topological polar surface area (TPSA) is 96.3 Å². The third-order valence-corrected chi connectivity index (χ3v) is 6.61. The van der Waals surface area contributed by atoms with Gasteiger partial charge in [0.2, 0.25) is 5.91 Å². The summed E-state index contributed by atoms with van der Waals surface area (Å²) >= 11 is 0. The summed E-state index contributed by atoms with van der Waals surface area (Å²) in [7, 11) is 0. The maximum atomic E-state index is 13.8. The van der Waals surface area contributed by atoms with E-state index in [4.69, 9.17) is 0 Å². The molecule has 1 aliphatic rings. The van der Waals surface area contributed by atoms with Gasteiger partial charge in [-0.05, 0) is 37.1 Å². The maximum Gasteiger partial charge on any atom is 0.325 e. The van der Waals surface area contributed by atoms with Gasteiger partial charge in [0.05, 0.1) is 22.8 Å². The zero-order valence-corrected chi connectivity index (χ0v) is 20.6. The van der Waals surface area contributed by atoms with Crippen LogP contribution in [0.5, 0.6) is 0 Å². The molecule has 1 saturated heterocycles. The minimum absolute atomic E-state index is 0.266. The summed E-state index contributed by atoms with van der Waals surface area (Å²) in [5.74, 6) is -0.943. The first-order chi connectivity index (χ1) is 17.9. The molecule has 1 aromatic heterocycles. The van der Waals surface area contributed by atoms with Gasteiger partial charge in [-0.2, -0.15) is 5.10 Å². The van der Waals surface area contributed by atoms with E-state index in [-0.39, 0.29) is 6.42 Å². The summed E-state index contributed by atoms with van der Waals surface area (Å²) < 4.78 is 1.75. The number of imide groups is 1. The molecule has 4 aromatic rings. The molecule has 8 nitrogen and oxygen atoms in total. The highest BCUT2D eigenvalue weighted by atomic mass is 16.2.